The molecule has 0 fully saturated rings. The summed E-state index contributed by atoms with van der Waals surface area (Å²) in [6.07, 6.45) is 3.89. The van der Waals surface area contributed by atoms with Crippen LogP contribution in [0.3, 0.4) is 0 Å². The molecule has 0 atom stereocenters. The number of aromatic nitrogens is 4. The number of benzene rings is 2. The average Bonchev–Trinajstić information content (AvgIpc) is 3.38. The molecular formula is C25H29BrN4O2. The van der Waals surface area contributed by atoms with E-state index in [4.69, 9.17) is 14.5 Å². The van der Waals surface area contributed by atoms with Crippen LogP contribution in [0.15, 0.2) is 47.2 Å². The fraction of sp³-hybridized carbons (Fsp3) is 0.360. The monoisotopic (exact) mass is 496 g/mol. The number of fused-ring (bicyclic) bond motifs is 1. The maximum Gasteiger partial charge on any atom is 0.145 e. The van der Waals surface area contributed by atoms with E-state index in [1.165, 1.54) is 5.56 Å². The molecule has 32 heavy (non-hydrogen) atoms. The number of halogens is 1. The maximum absolute atomic E-state index is 5.83. The number of ether oxygens (including phenoxy) is 2. The van der Waals surface area contributed by atoms with Gasteiger partial charge in [-0.2, -0.15) is 5.10 Å². The summed E-state index contributed by atoms with van der Waals surface area (Å²) in [5.74, 6) is 2.17. The number of rotatable bonds is 8. The number of imidazole rings is 1. The Bertz CT molecular complexity index is 1230. The first kappa shape index (κ1) is 22.6. The SMILES string of the molecule is COCCn1c(-c2ccc(C(C)C)cc2)nc2c(Br)c(Cn3cc(C)cn3)cc(OC)c21. The third kappa shape index (κ3) is 4.32. The van der Waals surface area contributed by atoms with E-state index in [1.54, 1.807) is 14.2 Å². The molecule has 0 spiro atoms. The molecule has 0 amide bonds. The molecule has 0 saturated heterocycles. The highest BCUT2D eigenvalue weighted by atomic mass is 79.9. The summed E-state index contributed by atoms with van der Waals surface area (Å²) >= 11 is 3.82. The van der Waals surface area contributed by atoms with Gasteiger partial charge in [-0.1, -0.05) is 38.1 Å². The van der Waals surface area contributed by atoms with Gasteiger partial charge in [0.05, 0.1) is 30.9 Å². The van der Waals surface area contributed by atoms with Crippen LogP contribution in [0.4, 0.5) is 0 Å². The Hall–Kier alpha value is -2.64. The lowest BCUT2D eigenvalue weighted by atomic mass is 10.0. The van der Waals surface area contributed by atoms with Crippen molar-refractivity contribution in [3.63, 3.8) is 0 Å². The van der Waals surface area contributed by atoms with Crippen molar-refractivity contribution in [3.05, 3.63) is 63.9 Å². The summed E-state index contributed by atoms with van der Waals surface area (Å²) in [6, 6.07) is 10.7. The zero-order valence-corrected chi connectivity index (χ0v) is 20.8. The van der Waals surface area contributed by atoms with Crippen LogP contribution in [0.25, 0.3) is 22.4 Å². The lowest BCUT2D eigenvalue weighted by Crippen LogP contribution is -2.07. The van der Waals surface area contributed by atoms with Gasteiger partial charge in [-0.05, 0) is 51.5 Å². The molecule has 0 aliphatic heterocycles. The highest BCUT2D eigenvalue weighted by Crippen LogP contribution is 2.38. The topological polar surface area (TPSA) is 54.1 Å². The van der Waals surface area contributed by atoms with Crippen LogP contribution in [0.1, 0.15) is 36.5 Å². The van der Waals surface area contributed by atoms with Crippen LogP contribution in [-0.2, 0) is 17.8 Å². The molecule has 4 rings (SSSR count). The van der Waals surface area contributed by atoms with Crippen molar-refractivity contribution in [2.45, 2.75) is 39.8 Å². The zero-order chi connectivity index (χ0) is 22.8. The lowest BCUT2D eigenvalue weighted by molar-refractivity contribution is 0.188. The van der Waals surface area contributed by atoms with Gasteiger partial charge in [0.1, 0.15) is 22.6 Å². The van der Waals surface area contributed by atoms with Crippen LogP contribution in [0.2, 0.25) is 0 Å². The molecule has 2 aromatic carbocycles. The lowest BCUT2D eigenvalue weighted by Gasteiger charge is -2.14. The number of nitrogens with zero attached hydrogens (tertiary/aromatic N) is 4. The van der Waals surface area contributed by atoms with Gasteiger partial charge >= 0.3 is 0 Å². The average molecular weight is 497 g/mol. The van der Waals surface area contributed by atoms with Gasteiger partial charge in [0, 0.05) is 25.4 Å². The molecule has 0 saturated carbocycles. The van der Waals surface area contributed by atoms with Crippen molar-refractivity contribution >= 4 is 27.0 Å². The molecule has 4 aromatic rings. The van der Waals surface area contributed by atoms with Gasteiger partial charge in [0.25, 0.3) is 0 Å². The highest BCUT2D eigenvalue weighted by molar-refractivity contribution is 9.10. The predicted molar refractivity (Wildman–Crippen MR) is 131 cm³/mol. The summed E-state index contributed by atoms with van der Waals surface area (Å²) in [6.45, 7) is 8.33. The van der Waals surface area contributed by atoms with E-state index in [2.05, 4.69) is 69.8 Å². The fourth-order valence-corrected chi connectivity index (χ4v) is 4.45. The molecule has 0 aliphatic carbocycles. The standard InChI is InChI=1S/C25H29BrN4O2/c1-16(2)18-6-8-19(9-7-18)25-28-23-22(26)20(15-29-14-17(3)13-27-29)12-21(32-5)24(23)30(25)10-11-31-4/h6-9,12-14,16H,10-11,15H2,1-5H3. The van der Waals surface area contributed by atoms with E-state index in [0.29, 0.717) is 25.6 Å². The second kappa shape index (κ2) is 9.46. The molecule has 2 aromatic heterocycles. The number of aryl methyl sites for hydroxylation is 1. The third-order valence-electron chi connectivity index (χ3n) is 5.67. The maximum atomic E-state index is 5.83. The highest BCUT2D eigenvalue weighted by Gasteiger charge is 2.21. The van der Waals surface area contributed by atoms with Crippen LogP contribution in [-0.4, -0.2) is 40.2 Å². The van der Waals surface area contributed by atoms with Gasteiger partial charge in [0.15, 0.2) is 0 Å². The van der Waals surface area contributed by atoms with Gasteiger partial charge in [-0.15, -0.1) is 0 Å². The van der Waals surface area contributed by atoms with Crippen molar-refractivity contribution in [2.24, 2.45) is 0 Å². The summed E-state index contributed by atoms with van der Waals surface area (Å²) < 4.78 is 16.3. The Balaban J connectivity index is 1.88. The van der Waals surface area contributed by atoms with E-state index in [9.17, 15) is 0 Å². The van der Waals surface area contributed by atoms with E-state index in [0.717, 1.165) is 43.8 Å². The first-order chi connectivity index (χ1) is 15.4. The number of hydrogen-bond acceptors (Lipinski definition) is 4. The molecule has 0 unspecified atom stereocenters. The van der Waals surface area contributed by atoms with Crippen molar-refractivity contribution in [1.29, 1.82) is 0 Å². The predicted octanol–water partition coefficient (Wildman–Crippen LogP) is 5.80. The summed E-state index contributed by atoms with van der Waals surface area (Å²) in [5.41, 5.74) is 6.41. The normalized spacial score (nSPS) is 11.6. The largest absolute Gasteiger partial charge is 0.494 e. The second-order valence-electron chi connectivity index (χ2n) is 8.32. The van der Waals surface area contributed by atoms with E-state index in [-0.39, 0.29) is 0 Å². The molecule has 2 heterocycles. The third-order valence-corrected chi connectivity index (χ3v) is 6.55. The summed E-state index contributed by atoms with van der Waals surface area (Å²) in [7, 11) is 3.42. The molecule has 0 radical (unpaired) electrons. The first-order valence-electron chi connectivity index (χ1n) is 10.8. The fourth-order valence-electron chi connectivity index (χ4n) is 3.93. The Labute approximate surface area is 197 Å². The smallest absolute Gasteiger partial charge is 0.145 e. The zero-order valence-electron chi connectivity index (χ0n) is 19.2. The minimum Gasteiger partial charge on any atom is -0.494 e. The van der Waals surface area contributed by atoms with Gasteiger partial charge in [0.2, 0.25) is 0 Å². The van der Waals surface area contributed by atoms with Crippen molar-refractivity contribution in [1.82, 2.24) is 19.3 Å². The van der Waals surface area contributed by atoms with Crippen LogP contribution in [0.5, 0.6) is 5.75 Å². The van der Waals surface area contributed by atoms with E-state index < -0.39 is 0 Å². The Morgan fingerprint density at radius 3 is 2.47 bits per heavy atom. The quantitative estimate of drug-likeness (QED) is 0.309. The van der Waals surface area contributed by atoms with Gasteiger partial charge in [-0.3, -0.25) is 4.68 Å². The van der Waals surface area contributed by atoms with Gasteiger partial charge in [-0.25, -0.2) is 4.98 Å². The van der Waals surface area contributed by atoms with E-state index in [1.807, 2.05) is 24.0 Å². The number of methoxy groups -OCH3 is 2. The minimum atomic E-state index is 0.485. The molecule has 0 aliphatic rings. The van der Waals surface area contributed by atoms with Crippen molar-refractivity contribution < 1.29 is 9.47 Å². The Kier molecular flexibility index (Phi) is 6.67. The molecule has 0 N–H and O–H groups in total. The molecule has 168 valence electrons. The first-order valence-corrected chi connectivity index (χ1v) is 11.6. The Morgan fingerprint density at radius 2 is 1.88 bits per heavy atom. The molecule has 7 heteroatoms. The van der Waals surface area contributed by atoms with Crippen molar-refractivity contribution in [2.75, 3.05) is 20.8 Å². The Morgan fingerprint density at radius 1 is 1.12 bits per heavy atom. The van der Waals surface area contributed by atoms with Crippen LogP contribution < -0.4 is 4.74 Å². The molecular weight excluding hydrogens is 468 g/mol. The number of hydrogen-bond donors (Lipinski definition) is 0. The minimum absolute atomic E-state index is 0.485. The van der Waals surface area contributed by atoms with E-state index >= 15 is 0 Å². The summed E-state index contributed by atoms with van der Waals surface area (Å²) in [5, 5.41) is 4.43. The molecule has 0 bridgehead atoms. The van der Waals surface area contributed by atoms with Crippen LogP contribution >= 0.6 is 15.9 Å². The van der Waals surface area contributed by atoms with Crippen LogP contribution in [0, 0.1) is 6.92 Å². The summed E-state index contributed by atoms with van der Waals surface area (Å²) in [4.78, 5) is 5.08. The molecule has 6 nitrogen and oxygen atoms in total. The van der Waals surface area contributed by atoms with Gasteiger partial charge < -0.3 is 14.0 Å². The van der Waals surface area contributed by atoms with Crippen molar-refractivity contribution in [3.8, 4) is 17.1 Å². The second-order valence-corrected chi connectivity index (χ2v) is 9.11.